The number of carbonyl (C=O) groups is 1. The second kappa shape index (κ2) is 4.61. The third-order valence-electron chi connectivity index (χ3n) is 4.82. The van der Waals surface area contributed by atoms with Crippen LogP contribution in [0.1, 0.15) is 20.3 Å². The second-order valence-corrected chi connectivity index (χ2v) is 6.35. The Hall–Kier alpha value is -2.27. The van der Waals surface area contributed by atoms with Crippen LogP contribution < -0.4 is 17.2 Å². The number of aliphatic imine (C=N–C) groups is 2. The van der Waals surface area contributed by atoms with Gasteiger partial charge in [-0.2, -0.15) is 5.06 Å². The quantitative estimate of drug-likeness (QED) is 0.376. The molecule has 0 aromatic rings. The molecule has 8 N–H and O–H groups in total. The summed E-state index contributed by atoms with van der Waals surface area (Å²) in [7, 11) is 0. The van der Waals surface area contributed by atoms with E-state index in [1.54, 1.807) is 11.8 Å². The first-order valence-electron chi connectivity index (χ1n) is 7.22. The van der Waals surface area contributed by atoms with Gasteiger partial charge in [0.05, 0.1) is 0 Å². The highest BCUT2D eigenvalue weighted by atomic mass is 16.5. The van der Waals surface area contributed by atoms with Gasteiger partial charge in [0.2, 0.25) is 5.96 Å². The summed E-state index contributed by atoms with van der Waals surface area (Å²) >= 11 is 0. The minimum atomic E-state index is -1.41. The van der Waals surface area contributed by atoms with E-state index in [-0.39, 0.29) is 24.6 Å². The smallest absolute Gasteiger partial charge is 0.404 e. The van der Waals surface area contributed by atoms with Crippen molar-refractivity contribution in [1.82, 2.24) is 9.96 Å². The highest BCUT2D eigenvalue weighted by Crippen LogP contribution is 2.51. The van der Waals surface area contributed by atoms with Gasteiger partial charge in [-0.25, -0.2) is 14.8 Å². The molecule has 0 radical (unpaired) electrons. The molecule has 0 aliphatic carbocycles. The first kappa shape index (κ1) is 15.6. The van der Waals surface area contributed by atoms with Crippen LogP contribution in [0, 0.1) is 0 Å². The van der Waals surface area contributed by atoms with Gasteiger partial charge in [0, 0.05) is 12.5 Å². The molecule has 3 aliphatic rings. The zero-order valence-corrected chi connectivity index (χ0v) is 12.9. The van der Waals surface area contributed by atoms with Crippen LogP contribution >= 0.6 is 0 Å². The summed E-state index contributed by atoms with van der Waals surface area (Å²) in [5, 5.41) is 22.3. The lowest BCUT2D eigenvalue weighted by Crippen LogP contribution is -2.76. The molecule has 1 spiro atoms. The van der Waals surface area contributed by atoms with Crippen LogP contribution in [0.2, 0.25) is 0 Å². The number of hydrogen-bond acceptors (Lipinski definition) is 10. The molecule has 0 aromatic carbocycles. The van der Waals surface area contributed by atoms with E-state index in [1.807, 2.05) is 6.92 Å². The molecule has 0 bridgehead atoms. The van der Waals surface area contributed by atoms with Crippen LogP contribution in [0.25, 0.3) is 0 Å². The third-order valence-corrected chi connectivity index (χ3v) is 4.82. The fraction of sp³-hybridized carbons (Fsp3) is 0.750. The van der Waals surface area contributed by atoms with Crippen LogP contribution in [0.15, 0.2) is 9.98 Å². The monoisotopic (exact) mass is 327 g/mol. The average molecular weight is 327 g/mol. The Morgan fingerprint density at radius 2 is 2.09 bits per heavy atom. The van der Waals surface area contributed by atoms with Crippen LogP contribution in [-0.4, -0.2) is 74.3 Å². The summed E-state index contributed by atoms with van der Waals surface area (Å²) in [4.78, 5) is 21.0. The maximum absolute atomic E-state index is 11.0. The number of nitrogens with zero attached hydrogens (tertiary/aromatic N) is 4. The molecule has 0 saturated carbocycles. The normalized spacial score (nSPS) is 42.0. The SMILES string of the molecule is CC1C[C@](C)(O)C23C(N=C(N)N2O)C(COC(N)=O)N=C(N)N13. The Morgan fingerprint density at radius 3 is 2.70 bits per heavy atom. The molecule has 3 aliphatic heterocycles. The molecule has 0 aromatic heterocycles. The van der Waals surface area contributed by atoms with Gasteiger partial charge in [-0.15, -0.1) is 0 Å². The molecule has 1 saturated heterocycles. The number of carbonyl (C=O) groups excluding carboxylic acids is 1. The second-order valence-electron chi connectivity index (χ2n) is 6.35. The van der Waals surface area contributed by atoms with Crippen molar-refractivity contribution in [3.63, 3.8) is 0 Å². The number of hydroxylamine groups is 2. The van der Waals surface area contributed by atoms with Gasteiger partial charge >= 0.3 is 6.09 Å². The van der Waals surface area contributed by atoms with Crippen molar-refractivity contribution < 1.29 is 19.8 Å². The van der Waals surface area contributed by atoms with Gasteiger partial charge in [-0.3, -0.25) is 5.21 Å². The van der Waals surface area contributed by atoms with E-state index in [2.05, 4.69) is 9.98 Å². The Morgan fingerprint density at radius 1 is 1.43 bits per heavy atom. The molecule has 23 heavy (non-hydrogen) atoms. The summed E-state index contributed by atoms with van der Waals surface area (Å²) < 4.78 is 4.81. The number of guanidine groups is 2. The zero-order chi connectivity index (χ0) is 17.2. The van der Waals surface area contributed by atoms with E-state index < -0.39 is 29.4 Å². The average Bonchev–Trinajstić information content (AvgIpc) is 2.81. The molecule has 1 amide bonds. The number of rotatable bonds is 2. The maximum atomic E-state index is 11.0. The van der Waals surface area contributed by atoms with E-state index >= 15 is 0 Å². The lowest BCUT2D eigenvalue weighted by molar-refractivity contribution is -0.218. The summed E-state index contributed by atoms with van der Waals surface area (Å²) in [5.74, 6) is -0.0584. The van der Waals surface area contributed by atoms with Crippen LogP contribution in [-0.2, 0) is 4.74 Å². The van der Waals surface area contributed by atoms with Crippen LogP contribution in [0.5, 0.6) is 0 Å². The highest BCUT2D eigenvalue weighted by Gasteiger charge is 2.73. The predicted molar refractivity (Wildman–Crippen MR) is 79.3 cm³/mol. The minimum Gasteiger partial charge on any atom is -0.447 e. The van der Waals surface area contributed by atoms with Gasteiger partial charge in [0.15, 0.2) is 11.6 Å². The molecular weight excluding hydrogens is 306 g/mol. The molecule has 128 valence electrons. The van der Waals surface area contributed by atoms with E-state index in [4.69, 9.17) is 21.9 Å². The van der Waals surface area contributed by atoms with Gasteiger partial charge in [0.1, 0.15) is 24.3 Å². The first-order valence-corrected chi connectivity index (χ1v) is 7.22. The Labute approximate surface area is 132 Å². The highest BCUT2D eigenvalue weighted by molar-refractivity contribution is 5.87. The van der Waals surface area contributed by atoms with E-state index in [0.29, 0.717) is 6.42 Å². The third kappa shape index (κ3) is 1.80. The number of primary amides is 1. The van der Waals surface area contributed by atoms with Gasteiger partial charge in [-0.1, -0.05) is 0 Å². The van der Waals surface area contributed by atoms with Crippen LogP contribution in [0.3, 0.4) is 0 Å². The Bertz CT molecular complexity index is 606. The van der Waals surface area contributed by atoms with Crippen molar-refractivity contribution in [2.24, 2.45) is 27.2 Å². The van der Waals surface area contributed by atoms with Crippen molar-refractivity contribution in [1.29, 1.82) is 0 Å². The minimum absolute atomic E-state index is 0.105. The molecule has 4 unspecified atom stereocenters. The molecular formula is C12H21N7O4. The van der Waals surface area contributed by atoms with E-state index in [9.17, 15) is 15.1 Å². The maximum Gasteiger partial charge on any atom is 0.404 e. The Balaban J connectivity index is 2.11. The molecule has 3 rings (SSSR count). The standard InChI is InChI=1S/C12H21N7O4/c1-5-3-11(2,21)12-7(17-9(14)19(12)22)6(4-23-10(15)20)16-8(13)18(5)12/h5-7,21-22H,3-4H2,1-2H3,(H2,13,16)(H2,14,17)(H2,15,20)/t5?,6?,7?,11-,12?/m0/s1. The summed E-state index contributed by atoms with van der Waals surface area (Å²) in [6, 6.07) is -1.71. The van der Waals surface area contributed by atoms with Crippen molar-refractivity contribution in [3.05, 3.63) is 0 Å². The zero-order valence-electron chi connectivity index (χ0n) is 12.9. The number of ether oxygens (including phenoxy) is 1. The Kier molecular flexibility index (Phi) is 3.13. The number of amides is 1. The van der Waals surface area contributed by atoms with Gasteiger partial charge in [0.25, 0.3) is 0 Å². The van der Waals surface area contributed by atoms with E-state index in [0.717, 1.165) is 5.06 Å². The molecule has 11 nitrogen and oxygen atoms in total. The first-order chi connectivity index (χ1) is 10.6. The summed E-state index contributed by atoms with van der Waals surface area (Å²) in [6.45, 7) is 3.25. The number of aliphatic hydroxyl groups is 1. The number of nitrogens with two attached hydrogens (primary N) is 3. The largest absolute Gasteiger partial charge is 0.447 e. The van der Waals surface area contributed by atoms with Crippen molar-refractivity contribution in [2.45, 2.75) is 49.7 Å². The molecule has 3 heterocycles. The summed E-state index contributed by atoms with van der Waals surface area (Å²) in [6.07, 6.45) is -0.638. The van der Waals surface area contributed by atoms with E-state index in [1.165, 1.54) is 0 Å². The van der Waals surface area contributed by atoms with Crippen molar-refractivity contribution >= 4 is 18.0 Å². The van der Waals surface area contributed by atoms with Crippen molar-refractivity contribution in [3.8, 4) is 0 Å². The van der Waals surface area contributed by atoms with Crippen LogP contribution in [0.4, 0.5) is 4.79 Å². The lowest BCUT2D eigenvalue weighted by atomic mass is 9.80. The lowest BCUT2D eigenvalue weighted by Gasteiger charge is -2.52. The predicted octanol–water partition coefficient (Wildman–Crippen LogP) is -2.29. The topological polar surface area (TPSA) is 176 Å². The fourth-order valence-electron chi connectivity index (χ4n) is 4.14. The summed E-state index contributed by atoms with van der Waals surface area (Å²) in [5.41, 5.74) is 14.0. The van der Waals surface area contributed by atoms with Gasteiger partial charge in [-0.05, 0) is 13.8 Å². The molecule has 5 atom stereocenters. The molecule has 1 fully saturated rings. The van der Waals surface area contributed by atoms with Crippen molar-refractivity contribution in [2.75, 3.05) is 6.61 Å². The van der Waals surface area contributed by atoms with Gasteiger partial charge < -0.3 is 31.9 Å². The fourth-order valence-corrected chi connectivity index (χ4v) is 4.14. The molecule has 11 heteroatoms. The number of hydrogen-bond donors (Lipinski definition) is 5.